The zero-order chi connectivity index (χ0) is 21.2. The van der Waals surface area contributed by atoms with Crippen LogP contribution in [-0.2, 0) is 20.9 Å². The van der Waals surface area contributed by atoms with Crippen LogP contribution in [0.3, 0.4) is 0 Å². The van der Waals surface area contributed by atoms with Gasteiger partial charge in [0.1, 0.15) is 6.54 Å². The zero-order valence-corrected chi connectivity index (χ0v) is 17.3. The van der Waals surface area contributed by atoms with Crippen molar-refractivity contribution in [1.82, 2.24) is 20.1 Å². The van der Waals surface area contributed by atoms with Crippen molar-refractivity contribution in [2.24, 2.45) is 0 Å². The number of benzene rings is 1. The van der Waals surface area contributed by atoms with Gasteiger partial charge in [0.15, 0.2) is 0 Å². The third kappa shape index (κ3) is 6.67. The molecule has 8 heteroatoms. The monoisotopic (exact) mass is 414 g/mol. The highest BCUT2D eigenvalue weighted by Crippen LogP contribution is 2.07. The summed E-state index contributed by atoms with van der Waals surface area (Å²) in [6, 6.07) is 9.10. The molecule has 2 aromatic rings. The van der Waals surface area contributed by atoms with Gasteiger partial charge in [-0.1, -0.05) is 18.2 Å². The molecule has 0 saturated carbocycles. The van der Waals surface area contributed by atoms with Crippen molar-refractivity contribution < 1.29 is 14.3 Å². The number of carbonyl (C=O) groups excluding carboxylic acids is 2. The van der Waals surface area contributed by atoms with E-state index < -0.39 is 0 Å². The van der Waals surface area contributed by atoms with E-state index in [1.807, 2.05) is 18.2 Å². The molecule has 30 heavy (non-hydrogen) atoms. The summed E-state index contributed by atoms with van der Waals surface area (Å²) in [5.41, 5.74) is -0.196. The van der Waals surface area contributed by atoms with E-state index in [0.29, 0.717) is 11.9 Å². The number of hydrogen-bond acceptors (Lipinski definition) is 5. The SMILES string of the molecule is O=C(CCNC(=O)Cn1ccc2ccccc2c1=O)NCCCCN1CCOCC1. The van der Waals surface area contributed by atoms with Crippen LogP contribution in [0.5, 0.6) is 0 Å². The van der Waals surface area contributed by atoms with Crippen LogP contribution in [0, 0.1) is 0 Å². The quantitative estimate of drug-likeness (QED) is 0.560. The van der Waals surface area contributed by atoms with E-state index in [-0.39, 0.29) is 36.9 Å². The lowest BCUT2D eigenvalue weighted by Crippen LogP contribution is -2.37. The number of hydrogen-bond donors (Lipinski definition) is 2. The van der Waals surface area contributed by atoms with Gasteiger partial charge in [-0.3, -0.25) is 19.3 Å². The first-order valence-corrected chi connectivity index (χ1v) is 10.6. The lowest BCUT2D eigenvalue weighted by molar-refractivity contribution is -0.122. The highest BCUT2D eigenvalue weighted by atomic mass is 16.5. The van der Waals surface area contributed by atoms with Crippen LogP contribution in [0.4, 0.5) is 0 Å². The van der Waals surface area contributed by atoms with Gasteiger partial charge in [0.05, 0.1) is 13.2 Å². The van der Waals surface area contributed by atoms with E-state index in [9.17, 15) is 14.4 Å². The normalized spacial score (nSPS) is 14.5. The molecule has 0 unspecified atom stereocenters. The maximum Gasteiger partial charge on any atom is 0.258 e. The minimum absolute atomic E-state index is 0.0627. The molecule has 1 aliphatic rings. The van der Waals surface area contributed by atoms with E-state index in [2.05, 4.69) is 15.5 Å². The number of unbranched alkanes of at least 4 members (excludes halogenated alkanes) is 1. The van der Waals surface area contributed by atoms with Crippen LogP contribution >= 0.6 is 0 Å². The van der Waals surface area contributed by atoms with Gasteiger partial charge < -0.3 is 19.9 Å². The van der Waals surface area contributed by atoms with Crippen LogP contribution in [0.25, 0.3) is 10.8 Å². The summed E-state index contributed by atoms with van der Waals surface area (Å²) in [7, 11) is 0. The highest BCUT2D eigenvalue weighted by molar-refractivity contribution is 5.82. The van der Waals surface area contributed by atoms with Gasteiger partial charge in [-0.15, -0.1) is 0 Å². The lowest BCUT2D eigenvalue weighted by Gasteiger charge is -2.26. The highest BCUT2D eigenvalue weighted by Gasteiger charge is 2.10. The smallest absolute Gasteiger partial charge is 0.258 e. The van der Waals surface area contributed by atoms with E-state index in [0.717, 1.165) is 51.1 Å². The van der Waals surface area contributed by atoms with Gasteiger partial charge >= 0.3 is 0 Å². The van der Waals surface area contributed by atoms with E-state index in [1.54, 1.807) is 18.3 Å². The molecular formula is C22H30N4O4. The van der Waals surface area contributed by atoms with Crippen LogP contribution in [0.1, 0.15) is 19.3 Å². The Morgan fingerprint density at radius 2 is 1.73 bits per heavy atom. The number of amides is 2. The van der Waals surface area contributed by atoms with Gasteiger partial charge in [-0.2, -0.15) is 0 Å². The molecule has 2 heterocycles. The van der Waals surface area contributed by atoms with Gasteiger partial charge in [-0.25, -0.2) is 0 Å². The fourth-order valence-electron chi connectivity index (χ4n) is 3.48. The van der Waals surface area contributed by atoms with Crippen molar-refractivity contribution in [3.8, 4) is 0 Å². The maximum atomic E-state index is 12.4. The molecule has 3 rings (SSSR count). The van der Waals surface area contributed by atoms with E-state index >= 15 is 0 Å². The molecule has 2 amide bonds. The Hall–Kier alpha value is -2.71. The maximum absolute atomic E-state index is 12.4. The largest absolute Gasteiger partial charge is 0.379 e. The number of morpholine rings is 1. The Balaban J connectivity index is 1.29. The Morgan fingerprint density at radius 1 is 0.967 bits per heavy atom. The van der Waals surface area contributed by atoms with Crippen molar-refractivity contribution in [2.75, 3.05) is 45.9 Å². The Morgan fingerprint density at radius 3 is 2.57 bits per heavy atom. The number of fused-ring (bicyclic) bond motifs is 1. The van der Waals surface area contributed by atoms with Crippen molar-refractivity contribution in [3.05, 3.63) is 46.9 Å². The number of nitrogens with zero attached hydrogens (tertiary/aromatic N) is 2. The molecular weight excluding hydrogens is 384 g/mol. The summed E-state index contributed by atoms with van der Waals surface area (Å²) < 4.78 is 6.70. The molecule has 1 aromatic heterocycles. The molecule has 1 saturated heterocycles. The average molecular weight is 415 g/mol. The third-order valence-corrected chi connectivity index (χ3v) is 5.20. The van der Waals surface area contributed by atoms with Gasteiger partial charge in [0.2, 0.25) is 11.8 Å². The van der Waals surface area contributed by atoms with Crippen LogP contribution < -0.4 is 16.2 Å². The average Bonchev–Trinajstić information content (AvgIpc) is 2.76. The molecule has 0 radical (unpaired) electrons. The fourth-order valence-corrected chi connectivity index (χ4v) is 3.48. The second kappa shape index (κ2) is 11.5. The Labute approximate surface area is 176 Å². The summed E-state index contributed by atoms with van der Waals surface area (Å²) in [6.07, 6.45) is 3.81. The summed E-state index contributed by atoms with van der Waals surface area (Å²) in [5.74, 6) is -0.366. The van der Waals surface area contributed by atoms with Gasteiger partial charge in [0.25, 0.3) is 5.56 Å². The number of ether oxygens (including phenoxy) is 1. The number of rotatable bonds is 10. The molecule has 8 nitrogen and oxygen atoms in total. The fraction of sp³-hybridized carbons (Fsp3) is 0.500. The van der Waals surface area contributed by atoms with Crippen molar-refractivity contribution in [3.63, 3.8) is 0 Å². The molecule has 0 bridgehead atoms. The van der Waals surface area contributed by atoms with Crippen molar-refractivity contribution >= 4 is 22.6 Å². The van der Waals surface area contributed by atoms with Crippen LogP contribution in [-0.4, -0.2) is 67.2 Å². The third-order valence-electron chi connectivity index (χ3n) is 5.20. The van der Waals surface area contributed by atoms with Crippen molar-refractivity contribution in [2.45, 2.75) is 25.8 Å². The predicted octanol–water partition coefficient (Wildman–Crippen LogP) is 0.736. The molecule has 0 spiro atoms. The molecule has 0 aliphatic carbocycles. The Kier molecular flexibility index (Phi) is 8.41. The first-order chi connectivity index (χ1) is 14.6. The lowest BCUT2D eigenvalue weighted by atomic mass is 10.2. The minimum atomic E-state index is -0.286. The van der Waals surface area contributed by atoms with Crippen molar-refractivity contribution in [1.29, 1.82) is 0 Å². The number of carbonyl (C=O) groups is 2. The number of aromatic nitrogens is 1. The first kappa shape index (κ1) is 22.0. The Bertz CT molecular complexity index is 905. The molecule has 1 aromatic carbocycles. The number of nitrogens with one attached hydrogen (secondary N) is 2. The second-order valence-corrected chi connectivity index (χ2v) is 7.45. The summed E-state index contributed by atoms with van der Waals surface area (Å²) >= 11 is 0. The summed E-state index contributed by atoms with van der Waals surface area (Å²) in [5, 5.41) is 7.02. The molecule has 1 fully saturated rings. The first-order valence-electron chi connectivity index (χ1n) is 10.6. The van der Waals surface area contributed by atoms with Crippen LogP contribution in [0.2, 0.25) is 0 Å². The molecule has 0 atom stereocenters. The topological polar surface area (TPSA) is 92.7 Å². The second-order valence-electron chi connectivity index (χ2n) is 7.45. The van der Waals surface area contributed by atoms with Gasteiger partial charge in [-0.05, 0) is 36.9 Å². The molecule has 162 valence electrons. The summed E-state index contributed by atoms with van der Waals surface area (Å²) in [6.45, 7) is 5.44. The van der Waals surface area contributed by atoms with E-state index in [1.165, 1.54) is 4.57 Å². The zero-order valence-electron chi connectivity index (χ0n) is 17.3. The number of pyridine rings is 1. The predicted molar refractivity (Wildman–Crippen MR) is 115 cm³/mol. The van der Waals surface area contributed by atoms with Crippen LogP contribution in [0.15, 0.2) is 41.3 Å². The molecule has 2 N–H and O–H groups in total. The molecule has 1 aliphatic heterocycles. The standard InChI is InChI=1S/C22H30N4O4/c27-20(23-9-3-4-11-25-13-15-30-16-14-25)7-10-24-21(28)17-26-12-8-18-5-1-2-6-19(18)22(26)29/h1-2,5-6,8,12H,3-4,7,9-11,13-17H2,(H,23,27)(H,24,28). The van der Waals surface area contributed by atoms with E-state index in [4.69, 9.17) is 4.74 Å². The summed E-state index contributed by atoms with van der Waals surface area (Å²) in [4.78, 5) is 38.8. The minimum Gasteiger partial charge on any atom is -0.379 e. The van der Waals surface area contributed by atoms with Gasteiger partial charge in [0, 0.05) is 44.2 Å².